The molecule has 1 amide bonds. The van der Waals surface area contributed by atoms with Gasteiger partial charge in [0.25, 0.3) is 0 Å². The summed E-state index contributed by atoms with van der Waals surface area (Å²) in [6.45, 7) is 2.54. The van der Waals surface area contributed by atoms with E-state index < -0.39 is 12.6 Å². The van der Waals surface area contributed by atoms with Crippen LogP contribution in [0.15, 0.2) is 0 Å². The van der Waals surface area contributed by atoms with E-state index in [2.05, 4.69) is 12.2 Å². The van der Waals surface area contributed by atoms with Crippen molar-refractivity contribution in [1.29, 1.82) is 0 Å². The van der Waals surface area contributed by atoms with Gasteiger partial charge < -0.3 is 10.2 Å². The van der Waals surface area contributed by atoms with Crippen LogP contribution in [0.4, 0.5) is 13.2 Å². The van der Waals surface area contributed by atoms with E-state index in [0.29, 0.717) is 12.3 Å². The van der Waals surface area contributed by atoms with Crippen LogP contribution in [0.2, 0.25) is 0 Å². The Kier molecular flexibility index (Phi) is 4.80. The smallest absolute Gasteiger partial charge is 0.344 e. The largest absolute Gasteiger partial charge is 0.390 e. The molecule has 0 aromatic rings. The molecule has 1 rings (SSSR count). The maximum absolute atomic E-state index is 12.0. The Balaban J connectivity index is 2.40. The second-order valence-corrected chi connectivity index (χ2v) is 4.76. The monoisotopic (exact) mass is 252 g/mol. The summed E-state index contributed by atoms with van der Waals surface area (Å²) in [7, 11) is 1.43. The number of nitrogens with one attached hydrogen (secondary N) is 1. The third-order valence-electron chi connectivity index (χ3n) is 3.07. The van der Waals surface area contributed by atoms with Gasteiger partial charge in [0, 0.05) is 13.6 Å². The van der Waals surface area contributed by atoms with E-state index in [1.165, 1.54) is 11.9 Å². The highest BCUT2D eigenvalue weighted by Crippen LogP contribution is 2.20. The van der Waals surface area contributed by atoms with Crippen LogP contribution >= 0.6 is 0 Å². The van der Waals surface area contributed by atoms with Crippen molar-refractivity contribution in [3.63, 3.8) is 0 Å². The number of alkyl halides is 3. The molecular formula is C11H19F3N2O. The van der Waals surface area contributed by atoms with Gasteiger partial charge in [0.05, 0.1) is 12.5 Å². The first-order chi connectivity index (χ1) is 7.79. The Morgan fingerprint density at radius 1 is 1.47 bits per heavy atom. The number of nitrogens with zero attached hydrogens (tertiary/aromatic N) is 1. The summed E-state index contributed by atoms with van der Waals surface area (Å²) in [6, 6.07) is -0.322. The molecule has 6 heteroatoms. The van der Waals surface area contributed by atoms with Crippen molar-refractivity contribution in [2.75, 3.05) is 20.1 Å². The number of halogens is 3. The highest BCUT2D eigenvalue weighted by molar-refractivity contribution is 5.81. The van der Waals surface area contributed by atoms with Crippen molar-refractivity contribution < 1.29 is 18.0 Å². The summed E-state index contributed by atoms with van der Waals surface area (Å²) < 4.78 is 36.1. The van der Waals surface area contributed by atoms with E-state index in [4.69, 9.17) is 0 Å². The third kappa shape index (κ3) is 4.93. The van der Waals surface area contributed by atoms with E-state index in [9.17, 15) is 18.0 Å². The SMILES string of the molecule is CC1CCNC(C(=O)N(C)CCC(F)(F)F)C1. The zero-order valence-corrected chi connectivity index (χ0v) is 10.2. The molecule has 0 spiro atoms. The van der Waals surface area contributed by atoms with Gasteiger partial charge in [-0.1, -0.05) is 6.92 Å². The molecular weight excluding hydrogens is 233 g/mol. The van der Waals surface area contributed by atoms with Gasteiger partial charge in [-0.25, -0.2) is 0 Å². The molecule has 100 valence electrons. The molecule has 2 atom stereocenters. The average Bonchev–Trinajstić information content (AvgIpc) is 2.24. The van der Waals surface area contributed by atoms with Crippen molar-refractivity contribution in [1.82, 2.24) is 10.2 Å². The molecule has 0 saturated carbocycles. The van der Waals surface area contributed by atoms with Crippen molar-refractivity contribution in [3.05, 3.63) is 0 Å². The van der Waals surface area contributed by atoms with Crippen LogP contribution < -0.4 is 5.32 Å². The lowest BCUT2D eigenvalue weighted by Crippen LogP contribution is -2.49. The van der Waals surface area contributed by atoms with Gasteiger partial charge in [-0.2, -0.15) is 13.2 Å². The molecule has 1 aliphatic heterocycles. The number of rotatable bonds is 3. The van der Waals surface area contributed by atoms with Crippen molar-refractivity contribution in [2.45, 2.75) is 38.4 Å². The molecule has 2 unspecified atom stereocenters. The average molecular weight is 252 g/mol. The lowest BCUT2D eigenvalue weighted by atomic mass is 9.93. The Morgan fingerprint density at radius 2 is 2.12 bits per heavy atom. The minimum Gasteiger partial charge on any atom is -0.344 e. The van der Waals surface area contributed by atoms with Gasteiger partial charge in [0.15, 0.2) is 0 Å². The van der Waals surface area contributed by atoms with Crippen LogP contribution in [0.1, 0.15) is 26.2 Å². The highest BCUT2D eigenvalue weighted by atomic mass is 19.4. The molecule has 0 aliphatic carbocycles. The minimum absolute atomic E-state index is 0.235. The number of piperidine rings is 1. The van der Waals surface area contributed by atoms with Crippen LogP contribution in [-0.4, -0.2) is 43.2 Å². The number of carbonyl (C=O) groups excluding carboxylic acids is 1. The number of amides is 1. The van der Waals surface area contributed by atoms with E-state index in [-0.39, 0.29) is 18.5 Å². The fraction of sp³-hybridized carbons (Fsp3) is 0.909. The maximum atomic E-state index is 12.0. The topological polar surface area (TPSA) is 32.3 Å². The molecule has 0 aromatic heterocycles. The molecule has 1 aliphatic rings. The number of carbonyl (C=O) groups is 1. The predicted molar refractivity (Wildman–Crippen MR) is 58.5 cm³/mol. The summed E-state index contributed by atoms with van der Waals surface area (Å²) in [5, 5.41) is 3.05. The van der Waals surface area contributed by atoms with E-state index >= 15 is 0 Å². The zero-order valence-electron chi connectivity index (χ0n) is 10.2. The molecule has 3 nitrogen and oxygen atoms in total. The number of hydrogen-bond donors (Lipinski definition) is 1. The van der Waals surface area contributed by atoms with Crippen molar-refractivity contribution >= 4 is 5.91 Å². The first-order valence-corrected chi connectivity index (χ1v) is 5.84. The second-order valence-electron chi connectivity index (χ2n) is 4.76. The quantitative estimate of drug-likeness (QED) is 0.830. The maximum Gasteiger partial charge on any atom is 0.390 e. The summed E-state index contributed by atoms with van der Waals surface area (Å²) in [5.41, 5.74) is 0. The van der Waals surface area contributed by atoms with Crippen LogP contribution in [0.5, 0.6) is 0 Å². The lowest BCUT2D eigenvalue weighted by Gasteiger charge is -2.30. The van der Waals surface area contributed by atoms with E-state index in [1.807, 2.05) is 0 Å². The number of hydrogen-bond acceptors (Lipinski definition) is 2. The normalized spacial score (nSPS) is 25.7. The fourth-order valence-electron chi connectivity index (χ4n) is 1.97. The standard InChI is InChI=1S/C11H19F3N2O/c1-8-3-5-15-9(7-8)10(17)16(2)6-4-11(12,13)14/h8-9,15H,3-7H2,1-2H3. The fourth-order valence-corrected chi connectivity index (χ4v) is 1.97. The first-order valence-electron chi connectivity index (χ1n) is 5.84. The van der Waals surface area contributed by atoms with Crippen molar-refractivity contribution in [3.8, 4) is 0 Å². The summed E-state index contributed by atoms with van der Waals surface area (Å²) >= 11 is 0. The Morgan fingerprint density at radius 3 is 2.65 bits per heavy atom. The lowest BCUT2D eigenvalue weighted by molar-refractivity contribution is -0.145. The van der Waals surface area contributed by atoms with Gasteiger partial charge in [0.1, 0.15) is 0 Å². The van der Waals surface area contributed by atoms with Gasteiger partial charge in [0.2, 0.25) is 5.91 Å². The van der Waals surface area contributed by atoms with E-state index in [0.717, 1.165) is 13.0 Å². The van der Waals surface area contributed by atoms with Crippen LogP contribution in [-0.2, 0) is 4.79 Å². The van der Waals surface area contributed by atoms with Crippen LogP contribution in [0, 0.1) is 5.92 Å². The van der Waals surface area contributed by atoms with Crippen LogP contribution in [0.3, 0.4) is 0 Å². The molecule has 0 bridgehead atoms. The van der Waals surface area contributed by atoms with Crippen molar-refractivity contribution in [2.24, 2.45) is 5.92 Å². The van der Waals surface area contributed by atoms with E-state index in [1.54, 1.807) is 0 Å². The summed E-state index contributed by atoms with van der Waals surface area (Å²) in [6.07, 6.45) is -3.44. The predicted octanol–water partition coefficient (Wildman–Crippen LogP) is 1.79. The number of likely N-dealkylation sites (N-methyl/N-ethyl adjacent to an activating group) is 1. The second kappa shape index (κ2) is 5.71. The molecule has 1 fully saturated rings. The third-order valence-corrected chi connectivity index (χ3v) is 3.07. The molecule has 1 heterocycles. The van der Waals surface area contributed by atoms with Gasteiger partial charge in [-0.3, -0.25) is 4.79 Å². The van der Waals surface area contributed by atoms with Gasteiger partial charge in [-0.05, 0) is 25.3 Å². The zero-order chi connectivity index (χ0) is 13.1. The first kappa shape index (κ1) is 14.3. The molecule has 17 heavy (non-hydrogen) atoms. The summed E-state index contributed by atoms with van der Waals surface area (Å²) in [5.74, 6) is 0.210. The van der Waals surface area contributed by atoms with Gasteiger partial charge >= 0.3 is 6.18 Å². The Labute approximate surface area is 99.4 Å². The molecule has 1 N–H and O–H groups in total. The van der Waals surface area contributed by atoms with Gasteiger partial charge in [-0.15, -0.1) is 0 Å². The molecule has 1 saturated heterocycles. The van der Waals surface area contributed by atoms with Crippen LogP contribution in [0.25, 0.3) is 0 Å². The Hall–Kier alpha value is -0.780. The molecule has 0 aromatic carbocycles. The minimum atomic E-state index is -4.21. The molecule has 0 radical (unpaired) electrons. The highest BCUT2D eigenvalue weighted by Gasteiger charge is 2.31. The Bertz CT molecular complexity index is 268. The summed E-state index contributed by atoms with van der Waals surface area (Å²) in [4.78, 5) is 13.0.